The zero-order valence-electron chi connectivity index (χ0n) is 18.1. The highest BCUT2D eigenvalue weighted by molar-refractivity contribution is 6.03. The van der Waals surface area contributed by atoms with Gasteiger partial charge in [0.2, 0.25) is 0 Å². The van der Waals surface area contributed by atoms with E-state index in [2.05, 4.69) is 31.1 Å². The molecular formula is C25H24N6O2. The van der Waals surface area contributed by atoms with Crippen LogP contribution in [-0.4, -0.2) is 34.0 Å². The molecular weight excluding hydrogens is 416 g/mol. The summed E-state index contributed by atoms with van der Waals surface area (Å²) in [5, 5.41) is 15.6. The molecule has 2 amide bonds. The fraction of sp³-hybridized carbons (Fsp3) is 0.120. The molecule has 4 rings (SSSR count). The fourth-order valence-electron chi connectivity index (χ4n) is 3.36. The number of pyridine rings is 1. The zero-order valence-corrected chi connectivity index (χ0v) is 18.1. The van der Waals surface area contributed by atoms with E-state index in [1.807, 2.05) is 37.4 Å². The summed E-state index contributed by atoms with van der Waals surface area (Å²) in [7, 11) is 1.83. The van der Waals surface area contributed by atoms with Crippen LogP contribution >= 0.6 is 0 Å². The maximum atomic E-state index is 12.6. The number of amides is 2. The van der Waals surface area contributed by atoms with Crippen molar-refractivity contribution < 1.29 is 9.59 Å². The number of hydrogen-bond acceptors (Lipinski definition) is 5. The topological polar surface area (TPSA) is 112 Å². The molecule has 2 heterocycles. The van der Waals surface area contributed by atoms with Gasteiger partial charge in [-0.1, -0.05) is 24.3 Å². The highest BCUT2D eigenvalue weighted by atomic mass is 16.2. The van der Waals surface area contributed by atoms with Crippen LogP contribution in [0.1, 0.15) is 32.0 Å². The average molecular weight is 441 g/mol. The summed E-state index contributed by atoms with van der Waals surface area (Å²) in [4.78, 5) is 29.2. The largest absolute Gasteiger partial charge is 0.348 e. The Labute approximate surface area is 191 Å². The van der Waals surface area contributed by atoms with E-state index in [0.717, 1.165) is 22.4 Å². The number of carbonyl (C=O) groups excluding carboxylic acids is 2. The molecule has 4 N–H and O–H groups in total. The minimum atomic E-state index is -0.266. The normalized spacial score (nSPS) is 10.6. The number of carbonyl (C=O) groups is 2. The standard InChI is InChI=1S/C25H24N6O2/c1-26-16-22-14-23(31-30-22)29-25(33)21-4-2-3-17(13-21)15-28-24(32)20-7-5-18(6-8-20)19-9-11-27-12-10-19/h2-14,26H,15-16H2,1H3,(H,28,32)(H2,29,30,31,33). The van der Waals surface area contributed by atoms with Gasteiger partial charge in [-0.2, -0.15) is 5.10 Å². The van der Waals surface area contributed by atoms with Crippen molar-refractivity contribution >= 4 is 17.6 Å². The van der Waals surface area contributed by atoms with Gasteiger partial charge < -0.3 is 16.0 Å². The number of rotatable bonds is 8. The van der Waals surface area contributed by atoms with Crippen LogP contribution in [0.15, 0.2) is 79.1 Å². The van der Waals surface area contributed by atoms with Crippen molar-refractivity contribution in [2.75, 3.05) is 12.4 Å². The van der Waals surface area contributed by atoms with Crippen LogP contribution in [0.5, 0.6) is 0 Å². The average Bonchev–Trinajstić information content (AvgIpc) is 3.30. The third-order valence-electron chi connectivity index (χ3n) is 5.04. The number of aromatic nitrogens is 3. The van der Waals surface area contributed by atoms with Crippen molar-refractivity contribution in [3.8, 4) is 11.1 Å². The van der Waals surface area contributed by atoms with E-state index in [4.69, 9.17) is 0 Å². The van der Waals surface area contributed by atoms with Crippen LogP contribution in [0, 0.1) is 0 Å². The molecule has 0 aliphatic heterocycles. The molecule has 0 fully saturated rings. The van der Waals surface area contributed by atoms with Crippen molar-refractivity contribution in [3.63, 3.8) is 0 Å². The van der Waals surface area contributed by atoms with Gasteiger partial charge in [0.15, 0.2) is 5.82 Å². The van der Waals surface area contributed by atoms with Gasteiger partial charge in [0, 0.05) is 42.7 Å². The summed E-state index contributed by atoms with van der Waals surface area (Å²) in [6, 6.07) is 20.2. The van der Waals surface area contributed by atoms with Gasteiger partial charge in [0.1, 0.15) is 0 Å². The number of anilines is 1. The third kappa shape index (κ3) is 5.69. The third-order valence-corrected chi connectivity index (χ3v) is 5.04. The Morgan fingerprint density at radius 3 is 2.36 bits per heavy atom. The van der Waals surface area contributed by atoms with Gasteiger partial charge in [0.05, 0.1) is 5.69 Å². The molecule has 2 aromatic heterocycles. The lowest BCUT2D eigenvalue weighted by Gasteiger charge is -2.08. The highest BCUT2D eigenvalue weighted by Gasteiger charge is 2.11. The van der Waals surface area contributed by atoms with E-state index in [1.165, 1.54) is 0 Å². The number of aromatic amines is 1. The molecule has 0 aliphatic carbocycles. The van der Waals surface area contributed by atoms with Crippen LogP contribution in [0.3, 0.4) is 0 Å². The predicted octanol–water partition coefficient (Wildman–Crippen LogP) is 3.37. The minimum absolute atomic E-state index is 0.181. The van der Waals surface area contributed by atoms with Crippen molar-refractivity contribution in [2.24, 2.45) is 0 Å². The Hall–Kier alpha value is -4.30. The minimum Gasteiger partial charge on any atom is -0.348 e. The summed E-state index contributed by atoms with van der Waals surface area (Å²) < 4.78 is 0. The summed E-state index contributed by atoms with van der Waals surface area (Å²) in [5.41, 5.74) is 4.81. The number of benzene rings is 2. The number of nitrogens with zero attached hydrogens (tertiary/aromatic N) is 2. The predicted molar refractivity (Wildman–Crippen MR) is 127 cm³/mol. The molecule has 166 valence electrons. The summed E-state index contributed by atoms with van der Waals surface area (Å²) in [6.07, 6.45) is 3.47. The summed E-state index contributed by atoms with van der Waals surface area (Å²) in [6.45, 7) is 0.936. The van der Waals surface area contributed by atoms with Crippen LogP contribution in [0.4, 0.5) is 5.82 Å². The van der Waals surface area contributed by atoms with Gasteiger partial charge in [-0.3, -0.25) is 19.7 Å². The number of H-pyrrole nitrogens is 1. The first-order valence-corrected chi connectivity index (χ1v) is 10.5. The molecule has 0 spiro atoms. The van der Waals surface area contributed by atoms with E-state index in [-0.39, 0.29) is 11.8 Å². The first kappa shape index (κ1) is 21.9. The van der Waals surface area contributed by atoms with E-state index in [9.17, 15) is 9.59 Å². The molecule has 33 heavy (non-hydrogen) atoms. The van der Waals surface area contributed by atoms with Crippen molar-refractivity contribution in [3.05, 3.63) is 102 Å². The first-order valence-electron chi connectivity index (χ1n) is 10.5. The van der Waals surface area contributed by atoms with Gasteiger partial charge in [-0.05, 0) is 60.1 Å². The smallest absolute Gasteiger partial charge is 0.256 e. The second kappa shape index (κ2) is 10.3. The zero-order chi connectivity index (χ0) is 23.0. The molecule has 0 aliphatic rings. The van der Waals surface area contributed by atoms with Gasteiger partial charge in [-0.15, -0.1) is 0 Å². The van der Waals surface area contributed by atoms with E-state index in [0.29, 0.717) is 30.0 Å². The summed E-state index contributed by atoms with van der Waals surface area (Å²) >= 11 is 0. The molecule has 0 radical (unpaired) electrons. The summed E-state index contributed by atoms with van der Waals surface area (Å²) in [5.74, 6) is 0.0104. The van der Waals surface area contributed by atoms with E-state index >= 15 is 0 Å². The van der Waals surface area contributed by atoms with E-state index in [1.54, 1.807) is 48.8 Å². The fourth-order valence-corrected chi connectivity index (χ4v) is 3.36. The second-order valence-electron chi connectivity index (χ2n) is 7.46. The maximum absolute atomic E-state index is 12.6. The van der Waals surface area contributed by atoms with Crippen LogP contribution in [0.25, 0.3) is 11.1 Å². The lowest BCUT2D eigenvalue weighted by atomic mass is 10.0. The lowest BCUT2D eigenvalue weighted by Crippen LogP contribution is -2.23. The van der Waals surface area contributed by atoms with E-state index < -0.39 is 0 Å². The Morgan fingerprint density at radius 2 is 1.61 bits per heavy atom. The molecule has 2 aromatic carbocycles. The van der Waals surface area contributed by atoms with Crippen molar-refractivity contribution in [1.82, 2.24) is 25.8 Å². The van der Waals surface area contributed by atoms with Crippen LogP contribution in [0.2, 0.25) is 0 Å². The van der Waals surface area contributed by atoms with Crippen molar-refractivity contribution in [1.29, 1.82) is 0 Å². The molecule has 0 saturated carbocycles. The maximum Gasteiger partial charge on any atom is 0.256 e. The Bertz CT molecular complexity index is 1240. The Kier molecular flexibility index (Phi) is 6.87. The molecule has 8 heteroatoms. The van der Waals surface area contributed by atoms with Crippen LogP contribution < -0.4 is 16.0 Å². The highest BCUT2D eigenvalue weighted by Crippen LogP contribution is 2.18. The van der Waals surface area contributed by atoms with Gasteiger partial charge >= 0.3 is 0 Å². The quantitative estimate of drug-likeness (QED) is 0.336. The molecule has 0 bridgehead atoms. The monoisotopic (exact) mass is 440 g/mol. The number of nitrogens with one attached hydrogen (secondary N) is 4. The number of hydrogen-bond donors (Lipinski definition) is 4. The SMILES string of the molecule is CNCc1cc(NC(=O)c2cccc(CNC(=O)c3ccc(-c4ccncc4)cc3)c2)n[nH]1. The molecule has 8 nitrogen and oxygen atoms in total. The van der Waals surface area contributed by atoms with Gasteiger partial charge in [-0.25, -0.2) is 0 Å². The molecule has 0 saturated heterocycles. The second-order valence-corrected chi connectivity index (χ2v) is 7.46. The van der Waals surface area contributed by atoms with Gasteiger partial charge in [0.25, 0.3) is 11.8 Å². The molecule has 0 unspecified atom stereocenters. The van der Waals surface area contributed by atoms with Crippen molar-refractivity contribution in [2.45, 2.75) is 13.1 Å². The first-order chi connectivity index (χ1) is 16.1. The Morgan fingerprint density at radius 1 is 0.848 bits per heavy atom. The molecule has 0 atom stereocenters. The molecule has 4 aromatic rings. The van der Waals surface area contributed by atoms with Crippen LogP contribution in [-0.2, 0) is 13.1 Å². The Balaban J connectivity index is 1.35. The lowest BCUT2D eigenvalue weighted by molar-refractivity contribution is 0.0950.